The van der Waals surface area contributed by atoms with Gasteiger partial charge in [0.1, 0.15) is 0 Å². The molecule has 0 spiro atoms. The average Bonchev–Trinajstić information content (AvgIpc) is 3.16. The zero-order valence-corrected chi connectivity index (χ0v) is 18.4. The molecule has 3 fully saturated rings. The standard InChI is InChI=1S/C21H43N3OSi/c1-17-9-3-7-13-20(17)23-26(24-21-14-8-4-10-18(21)2)25-16-15-22-19-11-5-6-12-19/h17-24,26H,3-16H2,1-2H3. The fourth-order valence-electron chi connectivity index (χ4n) is 5.23. The van der Waals surface area contributed by atoms with Crippen molar-refractivity contribution < 1.29 is 4.43 Å². The number of rotatable bonds is 9. The summed E-state index contributed by atoms with van der Waals surface area (Å²) < 4.78 is 6.46. The van der Waals surface area contributed by atoms with Gasteiger partial charge in [-0.25, -0.2) is 0 Å². The number of hydrogen-bond donors (Lipinski definition) is 3. The number of nitrogens with one attached hydrogen (secondary N) is 3. The molecule has 4 atom stereocenters. The molecule has 0 amide bonds. The Hall–Kier alpha value is 0.0569. The summed E-state index contributed by atoms with van der Waals surface area (Å²) in [5.74, 6) is 1.59. The highest BCUT2D eigenvalue weighted by Crippen LogP contribution is 2.25. The van der Waals surface area contributed by atoms with Crippen molar-refractivity contribution in [1.82, 2.24) is 15.3 Å². The molecule has 0 aliphatic heterocycles. The molecule has 152 valence electrons. The van der Waals surface area contributed by atoms with Crippen molar-refractivity contribution in [3.63, 3.8) is 0 Å². The van der Waals surface area contributed by atoms with Gasteiger partial charge in [-0.2, -0.15) is 0 Å². The summed E-state index contributed by atoms with van der Waals surface area (Å²) >= 11 is 0. The Labute approximate surface area is 163 Å². The molecule has 5 heteroatoms. The van der Waals surface area contributed by atoms with Crippen LogP contribution in [0.1, 0.15) is 90.9 Å². The first-order valence-electron chi connectivity index (χ1n) is 11.6. The van der Waals surface area contributed by atoms with E-state index in [1.165, 1.54) is 77.0 Å². The van der Waals surface area contributed by atoms with Gasteiger partial charge in [-0.3, -0.25) is 0 Å². The molecule has 4 unspecified atom stereocenters. The van der Waals surface area contributed by atoms with Crippen LogP contribution in [0.5, 0.6) is 0 Å². The van der Waals surface area contributed by atoms with Crippen LogP contribution in [0, 0.1) is 11.8 Å². The largest absolute Gasteiger partial charge is 0.393 e. The summed E-state index contributed by atoms with van der Waals surface area (Å²) in [4.78, 5) is 7.96. The second kappa shape index (κ2) is 11.2. The molecule has 3 rings (SSSR count). The van der Waals surface area contributed by atoms with Crippen molar-refractivity contribution in [2.75, 3.05) is 13.2 Å². The molecule has 3 N–H and O–H groups in total. The Morgan fingerprint density at radius 2 is 1.23 bits per heavy atom. The predicted molar refractivity (Wildman–Crippen MR) is 112 cm³/mol. The minimum absolute atomic E-state index is 0.662. The SMILES string of the molecule is CC1CCCCC1N[SiH](NC1CCCCC1C)OCCNC1CCCC1. The fraction of sp³-hybridized carbons (Fsp3) is 1.00. The van der Waals surface area contributed by atoms with Gasteiger partial charge in [0.05, 0.1) is 0 Å². The highest BCUT2D eigenvalue weighted by molar-refractivity contribution is 6.46. The van der Waals surface area contributed by atoms with Crippen LogP contribution in [-0.4, -0.2) is 40.6 Å². The van der Waals surface area contributed by atoms with Gasteiger partial charge in [-0.15, -0.1) is 0 Å². The molecule has 0 bridgehead atoms. The van der Waals surface area contributed by atoms with Crippen LogP contribution in [0.4, 0.5) is 0 Å². The van der Waals surface area contributed by atoms with Gasteiger partial charge in [0.2, 0.25) is 0 Å². The zero-order valence-electron chi connectivity index (χ0n) is 17.3. The quantitative estimate of drug-likeness (QED) is 0.422. The van der Waals surface area contributed by atoms with Crippen LogP contribution in [0.3, 0.4) is 0 Å². The Morgan fingerprint density at radius 3 is 1.77 bits per heavy atom. The molecule has 3 aliphatic rings. The second-order valence-corrected chi connectivity index (χ2v) is 11.0. The van der Waals surface area contributed by atoms with E-state index in [-0.39, 0.29) is 0 Å². The smallest absolute Gasteiger partial charge is 0.335 e. The van der Waals surface area contributed by atoms with Gasteiger partial charge in [-0.05, 0) is 50.4 Å². The van der Waals surface area contributed by atoms with E-state index < -0.39 is 9.36 Å². The monoisotopic (exact) mass is 381 g/mol. The maximum absolute atomic E-state index is 6.46. The van der Waals surface area contributed by atoms with E-state index in [4.69, 9.17) is 4.43 Å². The molecule has 3 saturated carbocycles. The van der Waals surface area contributed by atoms with Crippen molar-refractivity contribution in [1.29, 1.82) is 0 Å². The number of hydrogen-bond acceptors (Lipinski definition) is 4. The van der Waals surface area contributed by atoms with Crippen LogP contribution < -0.4 is 15.3 Å². The van der Waals surface area contributed by atoms with Crippen LogP contribution in [0.15, 0.2) is 0 Å². The summed E-state index contributed by atoms with van der Waals surface area (Å²) in [6, 6.07) is 2.07. The first kappa shape index (κ1) is 20.8. The van der Waals surface area contributed by atoms with Crippen molar-refractivity contribution in [3.8, 4) is 0 Å². The van der Waals surface area contributed by atoms with E-state index in [1.54, 1.807) is 0 Å². The predicted octanol–water partition coefficient (Wildman–Crippen LogP) is 3.59. The van der Waals surface area contributed by atoms with Gasteiger partial charge in [0.15, 0.2) is 0 Å². The molecule has 0 aromatic heterocycles. The van der Waals surface area contributed by atoms with Crippen molar-refractivity contribution in [2.24, 2.45) is 11.8 Å². The van der Waals surface area contributed by atoms with E-state index in [0.29, 0.717) is 12.1 Å². The first-order chi connectivity index (χ1) is 12.7. The van der Waals surface area contributed by atoms with Crippen molar-refractivity contribution in [3.05, 3.63) is 0 Å². The fourth-order valence-corrected chi connectivity index (χ4v) is 7.64. The lowest BCUT2D eigenvalue weighted by Crippen LogP contribution is -2.60. The first-order valence-corrected chi connectivity index (χ1v) is 13.2. The maximum Gasteiger partial charge on any atom is 0.335 e. The van der Waals surface area contributed by atoms with E-state index >= 15 is 0 Å². The molecule has 0 aromatic rings. The van der Waals surface area contributed by atoms with Crippen LogP contribution >= 0.6 is 0 Å². The zero-order chi connectivity index (χ0) is 18.2. The van der Waals surface area contributed by atoms with Crippen LogP contribution in [0.2, 0.25) is 0 Å². The van der Waals surface area contributed by atoms with Gasteiger partial charge >= 0.3 is 9.36 Å². The van der Waals surface area contributed by atoms with Gasteiger partial charge in [0.25, 0.3) is 0 Å². The normalized spacial score (nSPS) is 34.8. The third-order valence-corrected chi connectivity index (χ3v) is 9.16. The molecule has 0 radical (unpaired) electrons. The van der Waals surface area contributed by atoms with Gasteiger partial charge in [-0.1, -0.05) is 52.4 Å². The molecule has 26 heavy (non-hydrogen) atoms. The summed E-state index contributed by atoms with van der Waals surface area (Å²) in [6.45, 7) is 6.72. The third kappa shape index (κ3) is 6.59. The summed E-state index contributed by atoms with van der Waals surface area (Å²) in [6.07, 6.45) is 16.5. The van der Waals surface area contributed by atoms with E-state index in [9.17, 15) is 0 Å². The molecule has 3 aliphatic carbocycles. The minimum atomic E-state index is -1.56. The summed E-state index contributed by atoms with van der Waals surface area (Å²) in [7, 11) is -1.56. The average molecular weight is 382 g/mol. The topological polar surface area (TPSA) is 45.3 Å². The lowest BCUT2D eigenvalue weighted by molar-refractivity contribution is 0.239. The van der Waals surface area contributed by atoms with E-state index in [1.807, 2.05) is 0 Å². The molecular weight excluding hydrogens is 338 g/mol. The highest BCUT2D eigenvalue weighted by Gasteiger charge is 2.29. The molecular formula is C21H43N3OSi. The third-order valence-electron chi connectivity index (χ3n) is 7.13. The van der Waals surface area contributed by atoms with Crippen molar-refractivity contribution >= 4 is 9.36 Å². The minimum Gasteiger partial charge on any atom is -0.393 e. The summed E-state index contributed by atoms with van der Waals surface area (Å²) in [5, 5.41) is 3.70. The Bertz CT molecular complexity index is 367. The lowest BCUT2D eigenvalue weighted by Gasteiger charge is -2.36. The Morgan fingerprint density at radius 1 is 0.731 bits per heavy atom. The molecule has 0 aromatic carbocycles. The molecule has 0 saturated heterocycles. The molecule has 4 nitrogen and oxygen atoms in total. The van der Waals surface area contributed by atoms with Crippen LogP contribution in [-0.2, 0) is 4.43 Å². The van der Waals surface area contributed by atoms with E-state index in [0.717, 1.165) is 31.0 Å². The summed E-state index contributed by atoms with van der Waals surface area (Å²) in [5.41, 5.74) is 0. The van der Waals surface area contributed by atoms with Crippen molar-refractivity contribution in [2.45, 2.75) is 109 Å². The second-order valence-electron chi connectivity index (χ2n) is 9.26. The lowest BCUT2D eigenvalue weighted by atomic mass is 9.87. The van der Waals surface area contributed by atoms with Gasteiger partial charge < -0.3 is 19.7 Å². The van der Waals surface area contributed by atoms with Gasteiger partial charge in [0, 0.05) is 31.3 Å². The Balaban J connectivity index is 1.46. The Kier molecular flexibility index (Phi) is 8.92. The molecule has 0 heterocycles. The highest BCUT2D eigenvalue weighted by atomic mass is 28.3. The maximum atomic E-state index is 6.46. The van der Waals surface area contributed by atoms with Crippen LogP contribution in [0.25, 0.3) is 0 Å². The van der Waals surface area contributed by atoms with E-state index in [2.05, 4.69) is 29.1 Å².